The molecule has 0 fully saturated rings. The van der Waals surface area contributed by atoms with Crippen molar-refractivity contribution >= 4 is 37.4 Å². The first-order valence-corrected chi connectivity index (χ1v) is 12.6. The molecule has 0 radical (unpaired) electrons. The van der Waals surface area contributed by atoms with E-state index in [0.717, 1.165) is 16.3 Å². The third-order valence-corrected chi connectivity index (χ3v) is 10.5. The lowest BCUT2D eigenvalue weighted by atomic mass is 10.2. The number of benzene rings is 1. The van der Waals surface area contributed by atoms with Crippen molar-refractivity contribution in [2.24, 2.45) is 0 Å². The van der Waals surface area contributed by atoms with Crippen LogP contribution in [-0.4, -0.2) is 44.3 Å². The number of nitrogens with one attached hydrogen (secondary N) is 2. The van der Waals surface area contributed by atoms with Gasteiger partial charge in [0.15, 0.2) is 8.32 Å². The standard InChI is InChI=1S/C18H30N2O3SSi/c1-18(2,3)25(4,5)23-9-8-14(21)11-19-13-6-7-16-15(10-13)20-17(22)12-24-16/h6-7,10,14,19,21H,8-9,11-12H2,1-5H3,(H,20,22)/t14-/m1/s1. The second kappa shape index (κ2) is 8.12. The van der Waals surface area contributed by atoms with Crippen molar-refractivity contribution < 1.29 is 14.3 Å². The summed E-state index contributed by atoms with van der Waals surface area (Å²) >= 11 is 1.54. The first-order valence-electron chi connectivity index (χ1n) is 8.71. The molecule has 0 bridgehead atoms. The highest BCUT2D eigenvalue weighted by molar-refractivity contribution is 8.00. The van der Waals surface area contributed by atoms with Gasteiger partial charge in [-0.05, 0) is 42.8 Å². The van der Waals surface area contributed by atoms with Crippen LogP contribution in [0, 0.1) is 0 Å². The van der Waals surface area contributed by atoms with E-state index in [2.05, 4.69) is 44.5 Å². The number of hydrogen-bond acceptors (Lipinski definition) is 5. The number of fused-ring (bicyclic) bond motifs is 1. The molecule has 1 atom stereocenters. The zero-order valence-corrected chi connectivity index (χ0v) is 17.6. The summed E-state index contributed by atoms with van der Waals surface area (Å²) in [7, 11) is -1.76. The van der Waals surface area contributed by atoms with Gasteiger partial charge in [0, 0.05) is 23.7 Å². The maximum atomic E-state index is 11.5. The molecular formula is C18H30N2O3SSi. The van der Waals surface area contributed by atoms with Gasteiger partial charge in [-0.25, -0.2) is 0 Å². The Kier molecular flexibility index (Phi) is 6.59. The molecule has 0 aromatic heterocycles. The molecule has 0 aliphatic carbocycles. The fraction of sp³-hybridized carbons (Fsp3) is 0.611. The van der Waals surface area contributed by atoms with Gasteiger partial charge in [-0.15, -0.1) is 11.8 Å². The highest BCUT2D eigenvalue weighted by atomic mass is 32.2. The van der Waals surface area contributed by atoms with E-state index in [0.29, 0.717) is 25.3 Å². The van der Waals surface area contributed by atoms with Crippen molar-refractivity contribution in [3.63, 3.8) is 0 Å². The molecule has 140 valence electrons. The summed E-state index contributed by atoms with van der Waals surface area (Å²) in [4.78, 5) is 12.5. The number of hydrogen-bond donors (Lipinski definition) is 3. The Hall–Kier alpha value is -1.02. The van der Waals surface area contributed by atoms with Gasteiger partial charge in [0.25, 0.3) is 0 Å². The normalized spacial score (nSPS) is 16.2. The number of thioether (sulfide) groups is 1. The molecule has 0 saturated heterocycles. The molecule has 0 saturated carbocycles. The fourth-order valence-corrected chi connectivity index (χ4v) is 4.05. The molecule has 1 aromatic carbocycles. The molecule has 1 amide bonds. The fourth-order valence-electron chi connectivity index (χ4n) is 2.20. The van der Waals surface area contributed by atoms with Crippen molar-refractivity contribution in [1.29, 1.82) is 0 Å². The van der Waals surface area contributed by atoms with E-state index in [1.165, 1.54) is 0 Å². The number of aliphatic hydroxyl groups excluding tert-OH is 1. The van der Waals surface area contributed by atoms with Gasteiger partial charge in [-0.3, -0.25) is 4.79 Å². The van der Waals surface area contributed by atoms with Gasteiger partial charge in [0.2, 0.25) is 5.91 Å². The molecule has 0 unspecified atom stereocenters. The number of rotatable bonds is 7. The Labute approximate surface area is 156 Å². The van der Waals surface area contributed by atoms with Crippen molar-refractivity contribution in [3.05, 3.63) is 18.2 Å². The van der Waals surface area contributed by atoms with Crippen LogP contribution in [0.1, 0.15) is 27.2 Å². The summed E-state index contributed by atoms with van der Waals surface area (Å²) in [6.45, 7) is 12.1. The van der Waals surface area contributed by atoms with Crippen LogP contribution in [0.4, 0.5) is 11.4 Å². The summed E-state index contributed by atoms with van der Waals surface area (Å²) in [5.74, 6) is 0.490. The first-order chi connectivity index (χ1) is 11.6. The van der Waals surface area contributed by atoms with Crippen molar-refractivity contribution in [2.45, 2.75) is 56.3 Å². The predicted octanol–water partition coefficient (Wildman–Crippen LogP) is 3.92. The third-order valence-electron chi connectivity index (χ3n) is 4.87. The van der Waals surface area contributed by atoms with E-state index in [-0.39, 0.29) is 10.9 Å². The third kappa shape index (κ3) is 5.74. The molecule has 5 nitrogen and oxygen atoms in total. The number of carbonyl (C=O) groups is 1. The molecule has 0 spiro atoms. The largest absolute Gasteiger partial charge is 0.417 e. The van der Waals surface area contributed by atoms with Gasteiger partial charge in [-0.1, -0.05) is 20.8 Å². The average Bonchev–Trinajstić information content (AvgIpc) is 2.51. The van der Waals surface area contributed by atoms with E-state index < -0.39 is 14.4 Å². The van der Waals surface area contributed by atoms with Crippen molar-refractivity contribution in [3.8, 4) is 0 Å². The van der Waals surface area contributed by atoms with E-state index in [4.69, 9.17) is 4.43 Å². The average molecular weight is 383 g/mol. The molecule has 1 heterocycles. The van der Waals surface area contributed by atoms with Crippen LogP contribution in [-0.2, 0) is 9.22 Å². The Balaban J connectivity index is 1.78. The zero-order valence-electron chi connectivity index (χ0n) is 15.8. The summed E-state index contributed by atoms with van der Waals surface area (Å²) in [6.07, 6.45) is 0.140. The maximum Gasteiger partial charge on any atom is 0.234 e. The molecule has 1 aromatic rings. The maximum absolute atomic E-state index is 11.5. The minimum Gasteiger partial charge on any atom is -0.417 e. The second-order valence-corrected chi connectivity index (χ2v) is 13.8. The highest BCUT2D eigenvalue weighted by Gasteiger charge is 2.36. The Morgan fingerprint density at radius 2 is 2.12 bits per heavy atom. The molecular weight excluding hydrogens is 352 g/mol. The van der Waals surface area contributed by atoms with E-state index in [1.807, 2.05) is 18.2 Å². The minimum atomic E-state index is -1.76. The van der Waals surface area contributed by atoms with Crippen LogP contribution in [0.15, 0.2) is 23.1 Å². The monoisotopic (exact) mass is 382 g/mol. The number of aliphatic hydroxyl groups is 1. The molecule has 25 heavy (non-hydrogen) atoms. The summed E-state index contributed by atoms with van der Waals surface area (Å²) < 4.78 is 6.10. The molecule has 7 heteroatoms. The molecule has 1 aliphatic rings. The van der Waals surface area contributed by atoms with Crippen LogP contribution in [0.2, 0.25) is 18.1 Å². The Bertz CT molecular complexity index is 617. The molecule has 2 rings (SSSR count). The molecule has 1 aliphatic heterocycles. The lowest BCUT2D eigenvalue weighted by molar-refractivity contribution is -0.113. The Morgan fingerprint density at radius 3 is 2.80 bits per heavy atom. The highest BCUT2D eigenvalue weighted by Crippen LogP contribution is 2.36. The lowest BCUT2D eigenvalue weighted by Crippen LogP contribution is -2.41. The van der Waals surface area contributed by atoms with Crippen LogP contribution >= 0.6 is 11.8 Å². The van der Waals surface area contributed by atoms with Crippen molar-refractivity contribution in [2.75, 3.05) is 29.5 Å². The van der Waals surface area contributed by atoms with Gasteiger partial charge in [-0.2, -0.15) is 0 Å². The minimum absolute atomic E-state index is 0.0254. The topological polar surface area (TPSA) is 70.6 Å². The van der Waals surface area contributed by atoms with Gasteiger partial charge >= 0.3 is 0 Å². The first kappa shape index (κ1) is 20.3. The summed E-state index contributed by atoms with van der Waals surface area (Å²) in [5.41, 5.74) is 1.73. The van der Waals surface area contributed by atoms with Gasteiger partial charge in [0.05, 0.1) is 17.5 Å². The smallest absolute Gasteiger partial charge is 0.234 e. The van der Waals surface area contributed by atoms with E-state index in [9.17, 15) is 9.90 Å². The second-order valence-electron chi connectivity index (χ2n) is 7.98. The number of anilines is 2. The van der Waals surface area contributed by atoms with Gasteiger partial charge in [0.1, 0.15) is 0 Å². The van der Waals surface area contributed by atoms with E-state index in [1.54, 1.807) is 11.8 Å². The van der Waals surface area contributed by atoms with E-state index >= 15 is 0 Å². The Morgan fingerprint density at radius 1 is 1.40 bits per heavy atom. The van der Waals surface area contributed by atoms with Crippen LogP contribution < -0.4 is 10.6 Å². The van der Waals surface area contributed by atoms with Crippen LogP contribution in [0.5, 0.6) is 0 Å². The van der Waals surface area contributed by atoms with Crippen LogP contribution in [0.25, 0.3) is 0 Å². The summed E-state index contributed by atoms with van der Waals surface area (Å²) in [5, 5.41) is 16.5. The number of carbonyl (C=O) groups excluding carboxylic acids is 1. The zero-order chi connectivity index (χ0) is 18.7. The quantitative estimate of drug-likeness (QED) is 0.624. The summed E-state index contributed by atoms with van der Waals surface area (Å²) in [6, 6.07) is 5.88. The lowest BCUT2D eigenvalue weighted by Gasteiger charge is -2.36. The SMILES string of the molecule is CC(C)(C)[Si](C)(C)OCC[C@@H](O)CNc1ccc2c(c1)NC(=O)CS2. The van der Waals surface area contributed by atoms with Crippen LogP contribution in [0.3, 0.4) is 0 Å². The van der Waals surface area contributed by atoms with Gasteiger partial charge < -0.3 is 20.2 Å². The molecule has 3 N–H and O–H groups in total. The number of amides is 1. The predicted molar refractivity (Wildman–Crippen MR) is 108 cm³/mol. The van der Waals surface area contributed by atoms with Crippen molar-refractivity contribution in [1.82, 2.24) is 0 Å².